The van der Waals surface area contributed by atoms with E-state index in [1.165, 1.54) is 16.8 Å². The fourth-order valence-corrected chi connectivity index (χ4v) is 2.44. The molecule has 0 atom stereocenters. The lowest BCUT2D eigenvalue weighted by molar-refractivity contribution is 0.434. The van der Waals surface area contributed by atoms with E-state index in [-0.39, 0.29) is 0 Å². The van der Waals surface area contributed by atoms with Crippen LogP contribution in [0.15, 0.2) is 66.1 Å². The molecule has 1 aliphatic rings. The summed E-state index contributed by atoms with van der Waals surface area (Å²) in [5, 5.41) is 0. The molecule has 0 fully saturated rings. The molecular weight excluding hydrogens is 242 g/mol. The number of likely N-dealkylation sites (N-methyl/N-ethyl adjacent to an activating group) is 1. The Morgan fingerprint density at radius 2 is 1.95 bits per heavy atom. The molecule has 0 bridgehead atoms. The summed E-state index contributed by atoms with van der Waals surface area (Å²) < 4.78 is 0. The molecule has 0 unspecified atom stereocenters. The molecule has 1 heteroatoms. The van der Waals surface area contributed by atoms with Gasteiger partial charge >= 0.3 is 0 Å². The first-order valence-electron chi connectivity index (χ1n) is 7.27. The van der Waals surface area contributed by atoms with Crippen molar-refractivity contribution in [2.24, 2.45) is 0 Å². The lowest BCUT2D eigenvalue weighted by atomic mass is 9.95. The van der Waals surface area contributed by atoms with Crippen molar-refractivity contribution < 1.29 is 0 Å². The van der Waals surface area contributed by atoms with Gasteiger partial charge in [0.2, 0.25) is 0 Å². The van der Waals surface area contributed by atoms with Gasteiger partial charge in [-0.2, -0.15) is 0 Å². The first-order chi connectivity index (χ1) is 9.68. The molecule has 2 rings (SSSR count). The predicted octanol–water partition coefficient (Wildman–Crippen LogP) is 4.45. The van der Waals surface area contributed by atoms with Gasteiger partial charge in [-0.3, -0.25) is 0 Å². The standard InChI is InChI=1S/C19H23N/c1-16(2)19-13-9-8-10-17(19)14-15-20(3)18-11-6-4-5-7-12-18/h4,6-13,16H,14-15H2,1-3H3. The molecule has 1 aliphatic carbocycles. The molecule has 1 nitrogen and oxygen atoms in total. The lowest BCUT2D eigenvalue weighted by Crippen LogP contribution is -2.20. The Balaban J connectivity index is 2.02. The maximum absolute atomic E-state index is 3.09. The first-order valence-corrected chi connectivity index (χ1v) is 7.27. The highest BCUT2D eigenvalue weighted by molar-refractivity contribution is 5.31. The molecule has 0 spiro atoms. The molecule has 0 heterocycles. The van der Waals surface area contributed by atoms with E-state index in [1.54, 1.807) is 0 Å². The van der Waals surface area contributed by atoms with Gasteiger partial charge in [0.15, 0.2) is 0 Å². The SMILES string of the molecule is CC(C)c1ccccc1CCN(C)C1=CC=C=CC=C1. The van der Waals surface area contributed by atoms with Crippen LogP contribution in [0.5, 0.6) is 0 Å². The second-order valence-corrected chi connectivity index (χ2v) is 5.48. The van der Waals surface area contributed by atoms with Gasteiger partial charge in [0.25, 0.3) is 0 Å². The van der Waals surface area contributed by atoms with Gasteiger partial charge in [0, 0.05) is 19.3 Å². The van der Waals surface area contributed by atoms with E-state index in [0.717, 1.165) is 13.0 Å². The van der Waals surface area contributed by atoms with E-state index >= 15 is 0 Å². The van der Waals surface area contributed by atoms with Crippen LogP contribution in [0, 0.1) is 0 Å². The van der Waals surface area contributed by atoms with Crippen molar-refractivity contribution in [1.29, 1.82) is 0 Å². The van der Waals surface area contributed by atoms with Crippen molar-refractivity contribution in [2.75, 3.05) is 13.6 Å². The van der Waals surface area contributed by atoms with E-state index in [0.29, 0.717) is 5.92 Å². The summed E-state index contributed by atoms with van der Waals surface area (Å²) >= 11 is 0. The Labute approximate surface area is 122 Å². The quantitative estimate of drug-likeness (QED) is 0.711. The molecule has 0 aliphatic heterocycles. The normalized spacial score (nSPS) is 13.5. The maximum Gasteiger partial charge on any atom is 0.0370 e. The van der Waals surface area contributed by atoms with Crippen LogP contribution in [0.4, 0.5) is 0 Å². The number of allylic oxidation sites excluding steroid dienone is 4. The summed E-state index contributed by atoms with van der Waals surface area (Å²) in [6, 6.07) is 8.77. The van der Waals surface area contributed by atoms with Gasteiger partial charge < -0.3 is 4.90 Å². The molecule has 1 aromatic rings. The second-order valence-electron chi connectivity index (χ2n) is 5.48. The van der Waals surface area contributed by atoms with Crippen LogP contribution in [0.25, 0.3) is 0 Å². The molecule has 0 amide bonds. The largest absolute Gasteiger partial charge is 0.374 e. The van der Waals surface area contributed by atoms with E-state index in [1.807, 2.05) is 18.2 Å². The van der Waals surface area contributed by atoms with Crippen LogP contribution in [0.2, 0.25) is 0 Å². The monoisotopic (exact) mass is 265 g/mol. The summed E-state index contributed by atoms with van der Waals surface area (Å²) in [4.78, 5) is 2.30. The summed E-state index contributed by atoms with van der Waals surface area (Å²) in [7, 11) is 2.15. The van der Waals surface area contributed by atoms with Crippen LogP contribution in [0.1, 0.15) is 30.9 Å². The van der Waals surface area contributed by atoms with Crippen LogP contribution >= 0.6 is 0 Å². The lowest BCUT2D eigenvalue weighted by Gasteiger charge is -2.21. The summed E-state index contributed by atoms with van der Waals surface area (Å²) in [6.07, 6.45) is 11.2. The van der Waals surface area contributed by atoms with Crippen molar-refractivity contribution >= 4 is 0 Å². The van der Waals surface area contributed by atoms with Gasteiger partial charge in [0.05, 0.1) is 0 Å². The Kier molecular flexibility index (Phi) is 5.03. The highest BCUT2D eigenvalue weighted by atomic mass is 15.1. The van der Waals surface area contributed by atoms with E-state index in [2.05, 4.69) is 67.9 Å². The summed E-state index contributed by atoms with van der Waals surface area (Å²) in [6.45, 7) is 5.54. The molecule has 0 aromatic heterocycles. The number of hydrogen-bond acceptors (Lipinski definition) is 1. The van der Waals surface area contributed by atoms with Gasteiger partial charge in [0.1, 0.15) is 0 Å². The molecule has 20 heavy (non-hydrogen) atoms. The summed E-state index contributed by atoms with van der Waals surface area (Å²) in [5.74, 6) is 0.584. The average Bonchev–Trinajstić information content (AvgIpc) is 2.74. The van der Waals surface area contributed by atoms with Crippen molar-refractivity contribution in [3.05, 3.63) is 77.2 Å². The third-order valence-electron chi connectivity index (χ3n) is 3.64. The smallest absolute Gasteiger partial charge is 0.0370 e. The topological polar surface area (TPSA) is 3.24 Å². The number of benzene rings is 1. The van der Waals surface area contributed by atoms with Gasteiger partial charge in [-0.1, -0.05) is 44.2 Å². The highest BCUT2D eigenvalue weighted by Crippen LogP contribution is 2.20. The number of nitrogens with zero attached hydrogens (tertiary/aromatic N) is 1. The minimum absolute atomic E-state index is 0.584. The Hall–Kier alpha value is -1.98. The number of rotatable bonds is 5. The van der Waals surface area contributed by atoms with Crippen molar-refractivity contribution in [3.8, 4) is 0 Å². The summed E-state index contributed by atoms with van der Waals surface area (Å²) in [5.41, 5.74) is 7.25. The molecule has 0 radical (unpaired) electrons. The Morgan fingerprint density at radius 1 is 1.15 bits per heavy atom. The van der Waals surface area contributed by atoms with Gasteiger partial charge in [-0.15, -0.1) is 5.73 Å². The first kappa shape index (κ1) is 14.4. The van der Waals surface area contributed by atoms with Crippen LogP contribution < -0.4 is 0 Å². The van der Waals surface area contributed by atoms with Crippen molar-refractivity contribution in [1.82, 2.24) is 4.90 Å². The highest BCUT2D eigenvalue weighted by Gasteiger charge is 2.07. The predicted molar refractivity (Wildman–Crippen MR) is 86.7 cm³/mol. The fraction of sp³-hybridized carbons (Fsp3) is 0.316. The van der Waals surface area contributed by atoms with E-state index in [9.17, 15) is 0 Å². The molecule has 104 valence electrons. The number of hydrogen-bond donors (Lipinski definition) is 0. The van der Waals surface area contributed by atoms with Gasteiger partial charge in [-0.25, -0.2) is 0 Å². The third-order valence-corrected chi connectivity index (χ3v) is 3.64. The molecule has 0 saturated carbocycles. The van der Waals surface area contributed by atoms with Crippen molar-refractivity contribution in [2.45, 2.75) is 26.2 Å². The molecule has 0 N–H and O–H groups in total. The molecular formula is C19H23N. The molecule has 0 saturated heterocycles. The minimum atomic E-state index is 0.584. The third kappa shape index (κ3) is 3.76. The molecule has 1 aromatic carbocycles. The average molecular weight is 265 g/mol. The zero-order valence-corrected chi connectivity index (χ0v) is 12.6. The van der Waals surface area contributed by atoms with Crippen LogP contribution in [0.3, 0.4) is 0 Å². The zero-order chi connectivity index (χ0) is 14.4. The Bertz CT molecular complexity index is 569. The Morgan fingerprint density at radius 3 is 2.75 bits per heavy atom. The zero-order valence-electron chi connectivity index (χ0n) is 12.6. The fourth-order valence-electron chi connectivity index (χ4n) is 2.44. The second kappa shape index (κ2) is 6.98. The van der Waals surface area contributed by atoms with Crippen LogP contribution in [-0.4, -0.2) is 18.5 Å². The van der Waals surface area contributed by atoms with E-state index < -0.39 is 0 Å². The minimum Gasteiger partial charge on any atom is -0.374 e. The van der Waals surface area contributed by atoms with Crippen LogP contribution in [-0.2, 0) is 6.42 Å². The van der Waals surface area contributed by atoms with Crippen molar-refractivity contribution in [3.63, 3.8) is 0 Å². The van der Waals surface area contributed by atoms with Gasteiger partial charge in [-0.05, 0) is 47.8 Å². The van der Waals surface area contributed by atoms with E-state index in [4.69, 9.17) is 0 Å². The maximum atomic E-state index is 3.09.